The predicted octanol–water partition coefficient (Wildman–Crippen LogP) is 5.83. The van der Waals surface area contributed by atoms with Crippen LogP contribution in [0.5, 0.6) is 0 Å². The molecule has 1 unspecified atom stereocenters. The Labute approximate surface area is 189 Å². The van der Waals surface area contributed by atoms with Crippen LogP contribution >= 0.6 is 24.0 Å². The van der Waals surface area contributed by atoms with Crippen LogP contribution in [-0.2, 0) is 9.16 Å². The van der Waals surface area contributed by atoms with Crippen molar-refractivity contribution >= 4 is 43.4 Å². The first-order valence-electron chi connectivity index (χ1n) is 10.1. The van der Waals surface area contributed by atoms with Crippen LogP contribution in [0.1, 0.15) is 23.5 Å². The molecule has 0 spiro atoms. The fourth-order valence-electron chi connectivity index (χ4n) is 3.64. The van der Waals surface area contributed by atoms with E-state index in [4.69, 9.17) is 21.4 Å². The van der Waals surface area contributed by atoms with Crippen LogP contribution in [0.4, 0.5) is 4.79 Å². The van der Waals surface area contributed by atoms with Gasteiger partial charge >= 0.3 is 6.09 Å². The van der Waals surface area contributed by atoms with E-state index < -0.39 is 14.4 Å². The summed E-state index contributed by atoms with van der Waals surface area (Å²) in [5.74, 6) is 0.918. The molecule has 1 aliphatic rings. The molecule has 7 heteroatoms. The van der Waals surface area contributed by atoms with Crippen LogP contribution in [0.2, 0.25) is 19.6 Å². The first-order valence-corrected chi connectivity index (χ1v) is 15.3. The summed E-state index contributed by atoms with van der Waals surface area (Å²) in [5, 5.41) is 3.38. The topological polar surface area (TPSA) is 47.6 Å². The third kappa shape index (κ3) is 5.65. The molecule has 0 aromatic heterocycles. The van der Waals surface area contributed by atoms with Crippen LogP contribution in [0.15, 0.2) is 48.5 Å². The Morgan fingerprint density at radius 2 is 1.67 bits per heavy atom. The lowest BCUT2D eigenvalue weighted by molar-refractivity contribution is 0.141. The molecule has 0 bridgehead atoms. The molecule has 2 aromatic carbocycles. The number of alkyl carbamates (subject to hydrolysis) is 1. The molecule has 1 atom stereocenters. The van der Waals surface area contributed by atoms with Gasteiger partial charge in [0, 0.05) is 5.92 Å². The number of thioether (sulfide) groups is 1. The standard InChI is InChI=1S/C23H29NO3S2Si/c1-29-14-13-21(22(28)27-30(2,3)4)24-23(25)26-15-20-18-11-7-5-9-16(18)17-10-6-8-12-19(17)20/h5-12,20-21H,13-15H2,1-4H3,(H,24,25). The molecule has 0 aliphatic heterocycles. The van der Waals surface area contributed by atoms with E-state index in [-0.39, 0.29) is 18.6 Å². The second-order valence-electron chi connectivity index (χ2n) is 8.34. The van der Waals surface area contributed by atoms with Gasteiger partial charge in [-0.05, 0) is 72.5 Å². The summed E-state index contributed by atoms with van der Waals surface area (Å²) in [6.07, 6.45) is 2.30. The Balaban J connectivity index is 1.66. The number of amides is 1. The molecule has 0 saturated carbocycles. The van der Waals surface area contributed by atoms with Gasteiger partial charge in [-0.1, -0.05) is 48.5 Å². The summed E-state index contributed by atoms with van der Waals surface area (Å²) in [4.78, 5) is 12.6. The molecule has 0 heterocycles. The first kappa shape index (κ1) is 22.8. The second-order valence-corrected chi connectivity index (χ2v) is 14.2. The Hall–Kier alpha value is -1.83. The normalized spacial score (nSPS) is 13.9. The van der Waals surface area contributed by atoms with E-state index in [1.807, 2.05) is 30.5 Å². The number of benzene rings is 2. The van der Waals surface area contributed by atoms with E-state index in [0.29, 0.717) is 11.5 Å². The van der Waals surface area contributed by atoms with Gasteiger partial charge in [0.1, 0.15) is 6.61 Å². The highest BCUT2D eigenvalue weighted by atomic mass is 32.2. The minimum atomic E-state index is -1.83. The van der Waals surface area contributed by atoms with Gasteiger partial charge in [0.15, 0.2) is 5.05 Å². The van der Waals surface area contributed by atoms with Crippen molar-refractivity contribution < 1.29 is 14.0 Å². The highest BCUT2D eigenvalue weighted by Gasteiger charge is 2.30. The van der Waals surface area contributed by atoms with Gasteiger partial charge in [0.05, 0.1) is 6.04 Å². The molecular formula is C23H29NO3S2Si. The summed E-state index contributed by atoms with van der Waals surface area (Å²) in [7, 11) is -1.83. The fraction of sp³-hybridized carbons (Fsp3) is 0.391. The number of hydrogen-bond acceptors (Lipinski definition) is 5. The lowest BCUT2D eigenvalue weighted by atomic mass is 9.98. The fourth-order valence-corrected chi connectivity index (χ4v) is 5.78. The molecule has 4 nitrogen and oxygen atoms in total. The van der Waals surface area contributed by atoms with Crippen molar-refractivity contribution in [2.24, 2.45) is 0 Å². The van der Waals surface area contributed by atoms with Crippen molar-refractivity contribution in [1.82, 2.24) is 5.32 Å². The lowest BCUT2D eigenvalue weighted by Crippen LogP contribution is -2.45. The number of rotatable bonds is 8. The third-order valence-electron chi connectivity index (χ3n) is 4.94. The Morgan fingerprint density at radius 3 is 2.20 bits per heavy atom. The number of nitrogens with one attached hydrogen (secondary N) is 1. The van der Waals surface area contributed by atoms with Crippen molar-refractivity contribution in [2.75, 3.05) is 18.6 Å². The van der Waals surface area contributed by atoms with Gasteiger partial charge < -0.3 is 14.5 Å². The summed E-state index contributed by atoms with van der Waals surface area (Å²) < 4.78 is 11.6. The van der Waals surface area contributed by atoms with Crippen molar-refractivity contribution in [3.8, 4) is 11.1 Å². The number of ether oxygens (including phenoxy) is 1. The number of carbonyl (C=O) groups is 1. The molecule has 1 amide bonds. The second kappa shape index (κ2) is 9.98. The minimum Gasteiger partial charge on any atom is -0.538 e. The first-order chi connectivity index (χ1) is 14.3. The summed E-state index contributed by atoms with van der Waals surface area (Å²) in [6.45, 7) is 6.53. The number of fused-ring (bicyclic) bond motifs is 3. The van der Waals surface area contributed by atoms with E-state index in [0.717, 1.165) is 5.75 Å². The van der Waals surface area contributed by atoms with Crippen molar-refractivity contribution in [1.29, 1.82) is 0 Å². The van der Waals surface area contributed by atoms with Crippen LogP contribution in [0, 0.1) is 0 Å². The van der Waals surface area contributed by atoms with Crippen LogP contribution in [0.3, 0.4) is 0 Å². The van der Waals surface area contributed by atoms with Crippen LogP contribution in [0.25, 0.3) is 11.1 Å². The van der Waals surface area contributed by atoms with E-state index in [1.165, 1.54) is 22.3 Å². The molecule has 160 valence electrons. The molecular weight excluding hydrogens is 430 g/mol. The zero-order chi connectivity index (χ0) is 21.7. The summed E-state index contributed by atoms with van der Waals surface area (Å²) in [5.41, 5.74) is 4.82. The summed E-state index contributed by atoms with van der Waals surface area (Å²) >= 11 is 7.20. The van der Waals surface area contributed by atoms with Crippen molar-refractivity contribution in [2.45, 2.75) is 38.0 Å². The lowest BCUT2D eigenvalue weighted by Gasteiger charge is -2.26. The van der Waals surface area contributed by atoms with Gasteiger partial charge in [-0.3, -0.25) is 0 Å². The number of carbonyl (C=O) groups excluding carboxylic acids is 1. The highest BCUT2D eigenvalue weighted by molar-refractivity contribution is 7.98. The largest absolute Gasteiger partial charge is 0.538 e. The molecule has 30 heavy (non-hydrogen) atoms. The summed E-state index contributed by atoms with van der Waals surface area (Å²) in [6, 6.07) is 16.3. The van der Waals surface area contributed by atoms with Crippen LogP contribution in [-0.4, -0.2) is 44.1 Å². The van der Waals surface area contributed by atoms with Gasteiger partial charge in [-0.15, -0.1) is 0 Å². The Bertz CT molecular complexity index is 868. The molecule has 0 saturated heterocycles. The van der Waals surface area contributed by atoms with Crippen LogP contribution < -0.4 is 5.32 Å². The SMILES string of the molecule is CSCCC(NC(=O)OCC1c2ccccc2-c2ccccc21)C(=S)O[Si](C)(C)C. The maximum atomic E-state index is 12.6. The van der Waals surface area contributed by atoms with E-state index >= 15 is 0 Å². The monoisotopic (exact) mass is 459 g/mol. The minimum absolute atomic E-state index is 0.0398. The molecule has 2 aromatic rings. The molecule has 3 rings (SSSR count). The molecule has 0 radical (unpaired) electrons. The average molecular weight is 460 g/mol. The van der Waals surface area contributed by atoms with Gasteiger partial charge in [0.2, 0.25) is 8.32 Å². The Kier molecular flexibility index (Phi) is 7.60. The third-order valence-corrected chi connectivity index (χ3v) is 6.93. The maximum absolute atomic E-state index is 12.6. The number of hydrogen-bond donors (Lipinski definition) is 1. The Morgan fingerprint density at radius 1 is 1.10 bits per heavy atom. The van der Waals surface area contributed by atoms with Gasteiger partial charge in [0.25, 0.3) is 0 Å². The van der Waals surface area contributed by atoms with E-state index in [2.05, 4.69) is 49.2 Å². The van der Waals surface area contributed by atoms with Crippen molar-refractivity contribution in [3.05, 3.63) is 59.7 Å². The predicted molar refractivity (Wildman–Crippen MR) is 132 cm³/mol. The van der Waals surface area contributed by atoms with Crippen molar-refractivity contribution in [3.63, 3.8) is 0 Å². The zero-order valence-electron chi connectivity index (χ0n) is 17.9. The van der Waals surface area contributed by atoms with E-state index in [9.17, 15) is 4.79 Å². The number of thiocarbonyl (C=S) groups is 1. The maximum Gasteiger partial charge on any atom is 0.407 e. The van der Waals surface area contributed by atoms with E-state index in [1.54, 1.807) is 11.8 Å². The quantitative estimate of drug-likeness (QED) is 0.398. The zero-order valence-corrected chi connectivity index (χ0v) is 20.6. The molecule has 1 aliphatic carbocycles. The highest BCUT2D eigenvalue weighted by Crippen LogP contribution is 2.44. The van der Waals surface area contributed by atoms with Gasteiger partial charge in [-0.25, -0.2) is 4.79 Å². The molecule has 1 N–H and O–H groups in total. The van der Waals surface area contributed by atoms with Gasteiger partial charge in [-0.2, -0.15) is 11.8 Å². The smallest absolute Gasteiger partial charge is 0.407 e. The molecule has 0 fully saturated rings. The average Bonchev–Trinajstić information content (AvgIpc) is 3.02.